The summed E-state index contributed by atoms with van der Waals surface area (Å²) in [5.41, 5.74) is 1.02. The van der Waals surface area contributed by atoms with E-state index in [0.29, 0.717) is 4.90 Å². The molecular formula is C18H29N3O2S. The van der Waals surface area contributed by atoms with Gasteiger partial charge in [-0.25, -0.2) is 8.42 Å². The van der Waals surface area contributed by atoms with Gasteiger partial charge in [0.25, 0.3) is 0 Å². The molecule has 0 atom stereocenters. The number of piperazine rings is 1. The molecule has 0 unspecified atom stereocenters. The lowest BCUT2D eigenvalue weighted by atomic mass is 9.96. The molecule has 0 bridgehead atoms. The number of likely N-dealkylation sites (tertiary alicyclic amines) is 1. The summed E-state index contributed by atoms with van der Waals surface area (Å²) >= 11 is 0. The molecule has 3 rings (SSSR count). The molecule has 24 heavy (non-hydrogen) atoms. The first-order valence-corrected chi connectivity index (χ1v) is 10.8. The van der Waals surface area contributed by atoms with Crippen LogP contribution >= 0.6 is 0 Å². The first-order valence-electron chi connectivity index (χ1n) is 8.88. The number of nitrogens with zero attached hydrogens (tertiary/aromatic N) is 3. The smallest absolute Gasteiger partial charge is 0.175 e. The number of anilines is 1. The highest BCUT2D eigenvalue weighted by molar-refractivity contribution is 7.90. The van der Waals surface area contributed by atoms with Gasteiger partial charge in [-0.2, -0.15) is 0 Å². The summed E-state index contributed by atoms with van der Waals surface area (Å²) in [4.78, 5) is 7.71. The van der Waals surface area contributed by atoms with Crippen molar-refractivity contribution in [3.05, 3.63) is 24.3 Å². The Kier molecular flexibility index (Phi) is 5.47. The first-order chi connectivity index (χ1) is 11.4. The zero-order valence-electron chi connectivity index (χ0n) is 14.8. The van der Waals surface area contributed by atoms with Gasteiger partial charge in [0.1, 0.15) is 0 Å². The van der Waals surface area contributed by atoms with Crippen LogP contribution in [0.5, 0.6) is 0 Å². The fourth-order valence-electron chi connectivity index (χ4n) is 3.71. The average molecular weight is 352 g/mol. The Labute approximate surface area is 146 Å². The Hall–Kier alpha value is -1.11. The van der Waals surface area contributed by atoms with Crippen molar-refractivity contribution in [3.8, 4) is 0 Å². The topological polar surface area (TPSA) is 43.9 Å². The van der Waals surface area contributed by atoms with Gasteiger partial charge < -0.3 is 9.80 Å². The third-order valence-corrected chi connectivity index (χ3v) is 6.45. The van der Waals surface area contributed by atoms with Crippen LogP contribution in [0.3, 0.4) is 0 Å². The zero-order chi connectivity index (χ0) is 17.2. The largest absolute Gasteiger partial charge is 0.369 e. The van der Waals surface area contributed by atoms with E-state index < -0.39 is 9.84 Å². The van der Waals surface area contributed by atoms with E-state index in [1.54, 1.807) is 6.07 Å². The zero-order valence-corrected chi connectivity index (χ0v) is 15.6. The normalized spacial score (nSPS) is 22.0. The molecule has 1 aromatic rings. The quantitative estimate of drug-likeness (QED) is 0.824. The second-order valence-electron chi connectivity index (χ2n) is 7.30. The third kappa shape index (κ3) is 4.49. The van der Waals surface area contributed by atoms with Crippen LogP contribution in [-0.4, -0.2) is 77.3 Å². The van der Waals surface area contributed by atoms with Crippen molar-refractivity contribution < 1.29 is 8.42 Å². The van der Waals surface area contributed by atoms with E-state index in [2.05, 4.69) is 21.7 Å². The SMILES string of the molecule is CN1CCC(CN2CCN(c3cccc(S(C)(=O)=O)c3)CC2)CC1. The number of rotatable bonds is 4. The lowest BCUT2D eigenvalue weighted by molar-refractivity contribution is 0.155. The van der Waals surface area contributed by atoms with E-state index in [4.69, 9.17) is 0 Å². The molecule has 0 aromatic heterocycles. The maximum Gasteiger partial charge on any atom is 0.175 e. The van der Waals surface area contributed by atoms with Crippen molar-refractivity contribution in [2.24, 2.45) is 5.92 Å². The number of benzene rings is 1. The second-order valence-corrected chi connectivity index (χ2v) is 9.32. The fraction of sp³-hybridized carbons (Fsp3) is 0.667. The Morgan fingerprint density at radius 2 is 1.71 bits per heavy atom. The highest BCUT2D eigenvalue weighted by Crippen LogP contribution is 2.22. The minimum absolute atomic E-state index is 0.411. The summed E-state index contributed by atoms with van der Waals surface area (Å²) in [5, 5.41) is 0. The Bertz CT molecular complexity index is 646. The molecule has 0 saturated carbocycles. The molecule has 1 aromatic carbocycles. The van der Waals surface area contributed by atoms with E-state index in [1.807, 2.05) is 18.2 Å². The number of sulfone groups is 1. The van der Waals surface area contributed by atoms with Gasteiger partial charge in [0.05, 0.1) is 4.90 Å². The number of piperidine rings is 1. The van der Waals surface area contributed by atoms with Crippen molar-refractivity contribution in [3.63, 3.8) is 0 Å². The molecule has 2 fully saturated rings. The molecule has 2 aliphatic rings. The minimum Gasteiger partial charge on any atom is -0.369 e. The van der Waals surface area contributed by atoms with Gasteiger partial charge in [-0.05, 0) is 57.1 Å². The van der Waals surface area contributed by atoms with Gasteiger partial charge in [-0.1, -0.05) is 6.07 Å². The van der Waals surface area contributed by atoms with Gasteiger partial charge in [-0.15, -0.1) is 0 Å². The standard InChI is InChI=1S/C18H29N3O2S/c1-19-8-6-16(7-9-19)15-20-10-12-21(13-11-20)17-4-3-5-18(14-17)24(2,22)23/h3-5,14,16H,6-13,15H2,1-2H3. The predicted molar refractivity (Wildman–Crippen MR) is 98.4 cm³/mol. The molecule has 6 heteroatoms. The lowest BCUT2D eigenvalue weighted by Gasteiger charge is -2.39. The molecule has 2 heterocycles. The van der Waals surface area contributed by atoms with E-state index in [9.17, 15) is 8.42 Å². The monoisotopic (exact) mass is 351 g/mol. The summed E-state index contributed by atoms with van der Waals surface area (Å²) in [7, 11) is -0.932. The molecule has 2 saturated heterocycles. The lowest BCUT2D eigenvalue weighted by Crippen LogP contribution is -2.48. The van der Waals surface area contributed by atoms with Crippen LogP contribution in [0.15, 0.2) is 29.2 Å². The molecule has 5 nitrogen and oxygen atoms in total. The third-order valence-electron chi connectivity index (χ3n) is 5.34. The van der Waals surface area contributed by atoms with Gasteiger partial charge in [0.2, 0.25) is 0 Å². The van der Waals surface area contributed by atoms with Gasteiger partial charge >= 0.3 is 0 Å². The van der Waals surface area contributed by atoms with Gasteiger partial charge in [0, 0.05) is 44.7 Å². The van der Waals surface area contributed by atoms with Crippen LogP contribution in [0.4, 0.5) is 5.69 Å². The highest BCUT2D eigenvalue weighted by Gasteiger charge is 2.23. The van der Waals surface area contributed by atoms with Gasteiger partial charge in [-0.3, -0.25) is 4.90 Å². The molecule has 134 valence electrons. The minimum atomic E-state index is -3.14. The van der Waals surface area contributed by atoms with Gasteiger partial charge in [0.15, 0.2) is 9.84 Å². The average Bonchev–Trinajstić information content (AvgIpc) is 2.57. The van der Waals surface area contributed by atoms with Crippen LogP contribution in [0, 0.1) is 5.92 Å². The molecule has 0 amide bonds. The Balaban J connectivity index is 1.54. The maximum atomic E-state index is 11.7. The van der Waals surface area contributed by atoms with Crippen molar-refractivity contribution >= 4 is 15.5 Å². The van der Waals surface area contributed by atoms with Crippen molar-refractivity contribution in [1.82, 2.24) is 9.80 Å². The first kappa shape index (κ1) is 17.7. The van der Waals surface area contributed by atoms with Crippen LogP contribution in [0.1, 0.15) is 12.8 Å². The Morgan fingerprint density at radius 3 is 2.33 bits per heavy atom. The summed E-state index contributed by atoms with van der Waals surface area (Å²) in [6, 6.07) is 7.34. The molecule has 0 radical (unpaired) electrons. The van der Waals surface area contributed by atoms with Crippen molar-refractivity contribution in [1.29, 1.82) is 0 Å². The molecule has 0 spiro atoms. The fourth-order valence-corrected chi connectivity index (χ4v) is 4.37. The van der Waals surface area contributed by atoms with Crippen LogP contribution in [0.2, 0.25) is 0 Å². The van der Waals surface area contributed by atoms with E-state index in [1.165, 1.54) is 38.7 Å². The number of hydrogen-bond donors (Lipinski definition) is 0. The molecule has 0 N–H and O–H groups in total. The summed E-state index contributed by atoms with van der Waals surface area (Å²) in [5.74, 6) is 0.835. The summed E-state index contributed by atoms with van der Waals surface area (Å²) in [6.45, 7) is 7.74. The van der Waals surface area contributed by atoms with Crippen molar-refractivity contribution in [2.75, 3.05) is 64.0 Å². The van der Waals surface area contributed by atoms with Crippen molar-refractivity contribution in [2.45, 2.75) is 17.7 Å². The summed E-state index contributed by atoms with van der Waals surface area (Å²) < 4.78 is 23.5. The van der Waals surface area contributed by atoms with Crippen LogP contribution < -0.4 is 4.90 Å². The van der Waals surface area contributed by atoms with E-state index in [0.717, 1.165) is 37.8 Å². The molecule has 2 aliphatic heterocycles. The molecule has 0 aliphatic carbocycles. The van der Waals surface area contributed by atoms with E-state index >= 15 is 0 Å². The molecular weight excluding hydrogens is 322 g/mol. The highest BCUT2D eigenvalue weighted by atomic mass is 32.2. The van der Waals surface area contributed by atoms with Crippen LogP contribution in [0.25, 0.3) is 0 Å². The van der Waals surface area contributed by atoms with E-state index in [-0.39, 0.29) is 0 Å². The van der Waals surface area contributed by atoms with Crippen LogP contribution in [-0.2, 0) is 9.84 Å². The number of hydrogen-bond acceptors (Lipinski definition) is 5. The summed E-state index contributed by atoms with van der Waals surface area (Å²) in [6.07, 6.45) is 3.89. The predicted octanol–water partition coefficient (Wildman–Crippen LogP) is 1.55. The Morgan fingerprint density at radius 1 is 1.04 bits per heavy atom. The maximum absolute atomic E-state index is 11.7. The second kappa shape index (κ2) is 7.42.